The number of benzene rings is 2. The predicted octanol–water partition coefficient (Wildman–Crippen LogP) is 2.54. The van der Waals surface area contributed by atoms with E-state index in [0.717, 1.165) is 6.42 Å². The van der Waals surface area contributed by atoms with E-state index in [2.05, 4.69) is 12.1 Å². The number of hydrogen-bond acceptors (Lipinski definition) is 5. The van der Waals surface area contributed by atoms with Crippen LogP contribution in [0.4, 0.5) is 11.4 Å². The molecule has 0 bridgehead atoms. The molecule has 0 saturated carbocycles. The molecular formula is C18H20N2O4. The van der Waals surface area contributed by atoms with Gasteiger partial charge in [0.05, 0.1) is 24.2 Å². The molecule has 0 radical (unpaired) electrons. The lowest BCUT2D eigenvalue weighted by Gasteiger charge is -2.34. The molecular weight excluding hydrogens is 308 g/mol. The molecule has 2 aromatic rings. The van der Waals surface area contributed by atoms with Crippen molar-refractivity contribution < 1.29 is 14.8 Å². The molecule has 3 rings (SSSR count). The Morgan fingerprint density at radius 3 is 2.71 bits per heavy atom. The van der Waals surface area contributed by atoms with Crippen LogP contribution in [0.3, 0.4) is 0 Å². The molecule has 0 amide bonds. The van der Waals surface area contributed by atoms with Gasteiger partial charge in [0.15, 0.2) is 0 Å². The third-order valence-electron chi connectivity index (χ3n) is 4.20. The molecule has 1 heterocycles. The van der Waals surface area contributed by atoms with Gasteiger partial charge in [-0.05, 0) is 23.3 Å². The molecule has 6 nitrogen and oxygen atoms in total. The molecule has 1 atom stereocenters. The fraction of sp³-hybridized carbons (Fsp3) is 0.333. The Bertz CT molecular complexity index is 705. The maximum absolute atomic E-state index is 11.3. The summed E-state index contributed by atoms with van der Waals surface area (Å²) in [5.41, 5.74) is 2.46. The fourth-order valence-corrected chi connectivity index (χ4v) is 3.01. The van der Waals surface area contributed by atoms with E-state index in [4.69, 9.17) is 4.74 Å². The number of ether oxygens (including phenoxy) is 1. The van der Waals surface area contributed by atoms with Crippen LogP contribution in [0.5, 0.6) is 0 Å². The average molecular weight is 328 g/mol. The summed E-state index contributed by atoms with van der Waals surface area (Å²) >= 11 is 0. The molecule has 1 N–H and O–H groups in total. The Hall–Kier alpha value is -2.44. The molecule has 0 spiro atoms. The number of rotatable bonds is 5. The van der Waals surface area contributed by atoms with E-state index in [0.29, 0.717) is 30.9 Å². The summed E-state index contributed by atoms with van der Waals surface area (Å²) in [5.74, 6) is 0. The van der Waals surface area contributed by atoms with E-state index >= 15 is 0 Å². The van der Waals surface area contributed by atoms with E-state index in [-0.39, 0.29) is 23.3 Å². The molecule has 1 saturated heterocycles. The van der Waals surface area contributed by atoms with Crippen molar-refractivity contribution in [1.29, 1.82) is 0 Å². The third-order valence-corrected chi connectivity index (χ3v) is 4.20. The second kappa shape index (κ2) is 7.42. The Morgan fingerprint density at radius 2 is 2.00 bits per heavy atom. The lowest BCUT2D eigenvalue weighted by Crippen LogP contribution is -2.43. The summed E-state index contributed by atoms with van der Waals surface area (Å²) in [6.07, 6.45) is 0.753. The molecule has 6 heteroatoms. The maximum atomic E-state index is 11.3. The van der Waals surface area contributed by atoms with Crippen LogP contribution in [0.15, 0.2) is 48.5 Å². The first kappa shape index (κ1) is 16.4. The van der Waals surface area contributed by atoms with E-state index in [9.17, 15) is 15.2 Å². The smallest absolute Gasteiger partial charge is 0.292 e. The Balaban J connectivity index is 1.80. The Kier molecular flexibility index (Phi) is 5.08. The lowest BCUT2D eigenvalue weighted by molar-refractivity contribution is -0.384. The molecule has 1 aliphatic heterocycles. The Labute approximate surface area is 140 Å². The third kappa shape index (κ3) is 3.72. The normalized spacial score (nSPS) is 17.7. The minimum Gasteiger partial charge on any atom is -0.392 e. The highest BCUT2D eigenvalue weighted by Gasteiger charge is 2.26. The molecule has 0 aromatic heterocycles. The SMILES string of the molecule is O=[N+]([O-])c1ccc(CO)cc1N1CCOC(Cc2ccccc2)C1. The van der Waals surface area contributed by atoms with Gasteiger partial charge in [-0.3, -0.25) is 10.1 Å². The fourth-order valence-electron chi connectivity index (χ4n) is 3.01. The maximum Gasteiger partial charge on any atom is 0.292 e. The van der Waals surface area contributed by atoms with E-state index in [1.54, 1.807) is 12.1 Å². The highest BCUT2D eigenvalue weighted by atomic mass is 16.6. The van der Waals surface area contributed by atoms with E-state index < -0.39 is 0 Å². The molecule has 126 valence electrons. The van der Waals surface area contributed by atoms with Gasteiger partial charge in [0.25, 0.3) is 5.69 Å². The summed E-state index contributed by atoms with van der Waals surface area (Å²) in [6.45, 7) is 1.58. The van der Waals surface area contributed by atoms with Crippen LogP contribution in [0.2, 0.25) is 0 Å². The van der Waals surface area contributed by atoms with Gasteiger partial charge in [0.2, 0.25) is 0 Å². The summed E-state index contributed by atoms with van der Waals surface area (Å²) in [4.78, 5) is 12.9. The van der Waals surface area contributed by atoms with E-state index in [1.807, 2.05) is 23.1 Å². The van der Waals surface area contributed by atoms with Crippen molar-refractivity contribution in [2.45, 2.75) is 19.1 Å². The van der Waals surface area contributed by atoms with Crippen LogP contribution in [-0.2, 0) is 17.8 Å². The number of aliphatic hydroxyl groups is 1. The largest absolute Gasteiger partial charge is 0.392 e. The second-order valence-electron chi connectivity index (χ2n) is 5.87. The van der Waals surface area contributed by atoms with Gasteiger partial charge in [-0.2, -0.15) is 0 Å². The van der Waals surface area contributed by atoms with Gasteiger partial charge >= 0.3 is 0 Å². The second-order valence-corrected chi connectivity index (χ2v) is 5.87. The van der Waals surface area contributed by atoms with Crippen LogP contribution in [0.1, 0.15) is 11.1 Å². The monoisotopic (exact) mass is 328 g/mol. The highest BCUT2D eigenvalue weighted by molar-refractivity contribution is 5.64. The molecule has 2 aromatic carbocycles. The van der Waals surface area contributed by atoms with Gasteiger partial charge in [-0.15, -0.1) is 0 Å². The number of nitro benzene ring substituents is 1. The zero-order valence-electron chi connectivity index (χ0n) is 13.3. The summed E-state index contributed by atoms with van der Waals surface area (Å²) in [6, 6.07) is 14.8. The molecule has 24 heavy (non-hydrogen) atoms. The summed E-state index contributed by atoms with van der Waals surface area (Å²) < 4.78 is 5.83. The van der Waals surface area contributed by atoms with Crippen molar-refractivity contribution in [2.24, 2.45) is 0 Å². The van der Waals surface area contributed by atoms with Crippen LogP contribution in [0.25, 0.3) is 0 Å². The number of morpholine rings is 1. The number of aliphatic hydroxyl groups excluding tert-OH is 1. The van der Waals surface area contributed by atoms with Crippen molar-refractivity contribution in [1.82, 2.24) is 0 Å². The number of anilines is 1. The zero-order valence-corrected chi connectivity index (χ0v) is 13.3. The number of nitrogens with zero attached hydrogens (tertiary/aromatic N) is 2. The number of nitro groups is 1. The van der Waals surface area contributed by atoms with Crippen molar-refractivity contribution in [3.05, 3.63) is 69.8 Å². The average Bonchev–Trinajstić information content (AvgIpc) is 2.62. The zero-order chi connectivity index (χ0) is 16.9. The van der Waals surface area contributed by atoms with Crippen molar-refractivity contribution in [2.75, 3.05) is 24.6 Å². The van der Waals surface area contributed by atoms with Crippen molar-refractivity contribution >= 4 is 11.4 Å². The summed E-state index contributed by atoms with van der Waals surface area (Å²) in [7, 11) is 0. The van der Waals surface area contributed by atoms with Crippen LogP contribution in [0, 0.1) is 10.1 Å². The first-order valence-electron chi connectivity index (χ1n) is 7.96. The van der Waals surface area contributed by atoms with Crippen LogP contribution < -0.4 is 4.90 Å². The van der Waals surface area contributed by atoms with Gasteiger partial charge < -0.3 is 14.7 Å². The highest BCUT2D eigenvalue weighted by Crippen LogP contribution is 2.31. The first-order valence-corrected chi connectivity index (χ1v) is 7.96. The molecule has 1 unspecified atom stereocenters. The molecule has 1 aliphatic rings. The summed E-state index contributed by atoms with van der Waals surface area (Å²) in [5, 5.41) is 20.6. The standard InChI is InChI=1S/C18H20N2O4/c21-13-15-6-7-17(20(22)23)18(11-15)19-8-9-24-16(12-19)10-14-4-2-1-3-5-14/h1-7,11,16,21H,8-10,12-13H2. The molecule has 0 aliphatic carbocycles. The van der Waals surface area contributed by atoms with Gasteiger partial charge in [-0.25, -0.2) is 0 Å². The topological polar surface area (TPSA) is 75.8 Å². The van der Waals surface area contributed by atoms with Crippen molar-refractivity contribution in [3.8, 4) is 0 Å². The minimum atomic E-state index is -0.377. The van der Waals surface area contributed by atoms with E-state index in [1.165, 1.54) is 11.6 Å². The van der Waals surface area contributed by atoms with Crippen LogP contribution >= 0.6 is 0 Å². The minimum absolute atomic E-state index is 0.0152. The van der Waals surface area contributed by atoms with Gasteiger partial charge in [-0.1, -0.05) is 30.3 Å². The predicted molar refractivity (Wildman–Crippen MR) is 91.1 cm³/mol. The number of hydrogen-bond donors (Lipinski definition) is 1. The van der Waals surface area contributed by atoms with Crippen molar-refractivity contribution in [3.63, 3.8) is 0 Å². The lowest BCUT2D eigenvalue weighted by atomic mass is 10.1. The quantitative estimate of drug-likeness (QED) is 0.674. The van der Waals surface area contributed by atoms with Gasteiger partial charge in [0.1, 0.15) is 5.69 Å². The van der Waals surface area contributed by atoms with Gasteiger partial charge in [0, 0.05) is 25.6 Å². The Morgan fingerprint density at radius 1 is 1.21 bits per heavy atom. The first-order chi connectivity index (χ1) is 11.7. The molecule has 1 fully saturated rings. The van der Waals surface area contributed by atoms with Crippen LogP contribution in [-0.4, -0.2) is 35.8 Å².